The van der Waals surface area contributed by atoms with Crippen molar-refractivity contribution in [3.8, 4) is 0 Å². The molecule has 1 rings (SSSR count). The number of nitrogens with two attached hydrogens (primary N) is 1. The lowest BCUT2D eigenvalue weighted by Crippen LogP contribution is -2.35. The van der Waals surface area contributed by atoms with Gasteiger partial charge in [-0.1, -0.05) is 26.8 Å². The molecule has 2 atom stereocenters. The van der Waals surface area contributed by atoms with Gasteiger partial charge in [0, 0.05) is 17.3 Å². The van der Waals surface area contributed by atoms with Gasteiger partial charge in [-0.2, -0.15) is 0 Å². The zero-order valence-corrected chi connectivity index (χ0v) is 12.5. The monoisotopic (exact) mass is 268 g/mol. The molecule has 1 aromatic heterocycles. The van der Waals surface area contributed by atoms with Crippen LogP contribution in [0.2, 0.25) is 0 Å². The predicted octanol–water partition coefficient (Wildman–Crippen LogP) is 3.08. The van der Waals surface area contributed by atoms with E-state index in [2.05, 4.69) is 26.1 Å². The third-order valence-electron chi connectivity index (χ3n) is 2.67. The summed E-state index contributed by atoms with van der Waals surface area (Å²) in [5.74, 6) is 0.0349. The number of rotatable bonds is 5. The van der Waals surface area contributed by atoms with E-state index in [9.17, 15) is 4.79 Å². The third-order valence-corrected chi connectivity index (χ3v) is 3.72. The number of nitrogens with one attached hydrogen (secondary N) is 1. The normalized spacial score (nSPS) is 15.2. The standard InChI is InChI=1S/C14H24N2OS/c1-10(12-6-5-7-18-12)16-13(17)8-11(15)9-14(2,3)4/h5-7,10-11H,8-9,15H2,1-4H3,(H,16,17)/t10-,11?/m1/s1. The van der Waals surface area contributed by atoms with E-state index in [0.717, 1.165) is 6.42 Å². The van der Waals surface area contributed by atoms with E-state index in [1.807, 2.05) is 24.4 Å². The van der Waals surface area contributed by atoms with Crippen LogP contribution in [-0.4, -0.2) is 11.9 Å². The molecule has 3 nitrogen and oxygen atoms in total. The van der Waals surface area contributed by atoms with Crippen LogP contribution < -0.4 is 11.1 Å². The summed E-state index contributed by atoms with van der Waals surface area (Å²) in [7, 11) is 0. The van der Waals surface area contributed by atoms with Crippen molar-refractivity contribution >= 4 is 17.2 Å². The Labute approximate surface area is 114 Å². The Morgan fingerprint density at radius 1 is 1.50 bits per heavy atom. The van der Waals surface area contributed by atoms with Crippen molar-refractivity contribution in [2.75, 3.05) is 0 Å². The molecule has 0 aromatic carbocycles. The fourth-order valence-electron chi connectivity index (χ4n) is 2.01. The van der Waals surface area contributed by atoms with Crippen LogP contribution in [0.5, 0.6) is 0 Å². The van der Waals surface area contributed by atoms with Crippen LogP contribution in [0.4, 0.5) is 0 Å². The number of carbonyl (C=O) groups excluding carboxylic acids is 1. The zero-order chi connectivity index (χ0) is 13.8. The lowest BCUT2D eigenvalue weighted by atomic mass is 9.87. The quantitative estimate of drug-likeness (QED) is 0.862. The van der Waals surface area contributed by atoms with E-state index >= 15 is 0 Å². The first kappa shape index (κ1) is 15.2. The van der Waals surface area contributed by atoms with E-state index in [1.165, 1.54) is 4.88 Å². The van der Waals surface area contributed by atoms with Gasteiger partial charge in [0.05, 0.1) is 6.04 Å². The van der Waals surface area contributed by atoms with Gasteiger partial charge in [0.2, 0.25) is 5.91 Å². The highest BCUT2D eigenvalue weighted by molar-refractivity contribution is 7.10. The summed E-state index contributed by atoms with van der Waals surface area (Å²) in [6.07, 6.45) is 1.25. The molecule has 1 amide bonds. The first-order chi connectivity index (χ1) is 8.28. The van der Waals surface area contributed by atoms with Crippen molar-refractivity contribution in [1.82, 2.24) is 5.32 Å². The molecule has 18 heavy (non-hydrogen) atoms. The number of hydrogen-bond donors (Lipinski definition) is 2. The summed E-state index contributed by atoms with van der Waals surface area (Å²) in [5, 5.41) is 5.01. The van der Waals surface area contributed by atoms with Crippen LogP contribution in [0, 0.1) is 5.41 Å². The van der Waals surface area contributed by atoms with Crippen molar-refractivity contribution in [2.24, 2.45) is 11.1 Å². The molecule has 0 spiro atoms. The molecule has 3 N–H and O–H groups in total. The van der Waals surface area contributed by atoms with E-state index < -0.39 is 0 Å². The summed E-state index contributed by atoms with van der Waals surface area (Å²) in [6, 6.07) is 4.03. The summed E-state index contributed by atoms with van der Waals surface area (Å²) in [6.45, 7) is 8.41. The minimum absolute atomic E-state index is 0.0349. The highest BCUT2D eigenvalue weighted by Gasteiger charge is 2.19. The Bertz CT molecular complexity index is 368. The van der Waals surface area contributed by atoms with Gasteiger partial charge in [0.15, 0.2) is 0 Å². The van der Waals surface area contributed by atoms with Gasteiger partial charge in [-0.3, -0.25) is 4.79 Å². The Balaban J connectivity index is 2.38. The Hall–Kier alpha value is -0.870. The topological polar surface area (TPSA) is 55.1 Å². The van der Waals surface area contributed by atoms with Gasteiger partial charge in [0.1, 0.15) is 0 Å². The van der Waals surface area contributed by atoms with Crippen molar-refractivity contribution in [3.63, 3.8) is 0 Å². The lowest BCUT2D eigenvalue weighted by molar-refractivity contribution is -0.122. The van der Waals surface area contributed by atoms with Crippen LogP contribution in [0.25, 0.3) is 0 Å². The van der Waals surface area contributed by atoms with E-state index in [1.54, 1.807) is 11.3 Å². The maximum Gasteiger partial charge on any atom is 0.222 e. The number of thiophene rings is 1. The molecule has 0 saturated heterocycles. The molecule has 0 radical (unpaired) electrons. The summed E-state index contributed by atoms with van der Waals surface area (Å²) in [4.78, 5) is 13.0. The number of carbonyl (C=O) groups is 1. The lowest BCUT2D eigenvalue weighted by Gasteiger charge is -2.23. The summed E-state index contributed by atoms with van der Waals surface area (Å²) < 4.78 is 0. The maximum atomic E-state index is 11.9. The average Bonchev–Trinajstić information content (AvgIpc) is 2.65. The molecule has 0 fully saturated rings. The fourth-order valence-corrected chi connectivity index (χ4v) is 2.74. The fraction of sp³-hybridized carbons (Fsp3) is 0.643. The van der Waals surface area contributed by atoms with E-state index in [0.29, 0.717) is 6.42 Å². The third kappa shape index (κ3) is 5.65. The first-order valence-electron chi connectivity index (χ1n) is 6.36. The van der Waals surface area contributed by atoms with Gasteiger partial charge in [0.25, 0.3) is 0 Å². The molecule has 0 aliphatic rings. The number of hydrogen-bond acceptors (Lipinski definition) is 3. The Morgan fingerprint density at radius 2 is 2.17 bits per heavy atom. The van der Waals surface area contributed by atoms with Crippen LogP contribution in [-0.2, 0) is 4.79 Å². The van der Waals surface area contributed by atoms with Gasteiger partial charge in [-0.05, 0) is 30.2 Å². The van der Waals surface area contributed by atoms with E-state index in [-0.39, 0.29) is 23.4 Å². The first-order valence-corrected chi connectivity index (χ1v) is 7.24. The number of amides is 1. The van der Waals surface area contributed by atoms with Crippen LogP contribution in [0.1, 0.15) is 51.5 Å². The molecule has 0 aliphatic carbocycles. The molecule has 4 heteroatoms. The minimum atomic E-state index is -0.0689. The van der Waals surface area contributed by atoms with Crippen LogP contribution in [0.15, 0.2) is 17.5 Å². The molecule has 0 bridgehead atoms. The smallest absolute Gasteiger partial charge is 0.222 e. The average molecular weight is 268 g/mol. The van der Waals surface area contributed by atoms with Crippen LogP contribution >= 0.6 is 11.3 Å². The second kappa shape index (κ2) is 6.34. The van der Waals surface area contributed by atoms with E-state index in [4.69, 9.17) is 5.73 Å². The van der Waals surface area contributed by atoms with Crippen LogP contribution in [0.3, 0.4) is 0 Å². The second-order valence-corrected chi connectivity index (χ2v) is 7.01. The molecular weight excluding hydrogens is 244 g/mol. The molecule has 0 aliphatic heterocycles. The molecule has 102 valence electrons. The van der Waals surface area contributed by atoms with Gasteiger partial charge >= 0.3 is 0 Å². The van der Waals surface area contributed by atoms with Crippen molar-refractivity contribution < 1.29 is 4.79 Å². The van der Waals surface area contributed by atoms with Gasteiger partial charge in [-0.25, -0.2) is 0 Å². The molecular formula is C14H24N2OS. The molecule has 1 aromatic rings. The molecule has 1 heterocycles. The Morgan fingerprint density at radius 3 is 2.67 bits per heavy atom. The molecule has 1 unspecified atom stereocenters. The van der Waals surface area contributed by atoms with Gasteiger partial charge in [-0.15, -0.1) is 11.3 Å². The second-order valence-electron chi connectivity index (χ2n) is 6.03. The largest absolute Gasteiger partial charge is 0.349 e. The minimum Gasteiger partial charge on any atom is -0.349 e. The zero-order valence-electron chi connectivity index (χ0n) is 11.7. The highest BCUT2D eigenvalue weighted by Crippen LogP contribution is 2.22. The summed E-state index contributed by atoms with van der Waals surface area (Å²) in [5.41, 5.74) is 6.16. The predicted molar refractivity (Wildman–Crippen MR) is 77.5 cm³/mol. The summed E-state index contributed by atoms with van der Waals surface area (Å²) >= 11 is 1.66. The van der Waals surface area contributed by atoms with Crippen molar-refractivity contribution in [1.29, 1.82) is 0 Å². The Kier molecular flexibility index (Phi) is 5.35. The van der Waals surface area contributed by atoms with Gasteiger partial charge < -0.3 is 11.1 Å². The van der Waals surface area contributed by atoms with Crippen molar-refractivity contribution in [2.45, 2.75) is 52.6 Å². The highest BCUT2D eigenvalue weighted by atomic mass is 32.1. The van der Waals surface area contributed by atoms with Crippen molar-refractivity contribution in [3.05, 3.63) is 22.4 Å². The SMILES string of the molecule is C[C@@H](NC(=O)CC(N)CC(C)(C)C)c1cccs1. The maximum absolute atomic E-state index is 11.9. The molecule has 0 saturated carbocycles.